The van der Waals surface area contributed by atoms with Gasteiger partial charge in [-0.2, -0.15) is 0 Å². The number of anilines is 1. The molecule has 0 unspecified atom stereocenters. The molecule has 0 radical (unpaired) electrons. The predicted octanol–water partition coefficient (Wildman–Crippen LogP) is 5.06. The van der Waals surface area contributed by atoms with E-state index in [0.717, 1.165) is 36.1 Å². The number of benzene rings is 2. The highest BCUT2D eigenvalue weighted by atomic mass is 16.6. The molecule has 0 bridgehead atoms. The summed E-state index contributed by atoms with van der Waals surface area (Å²) < 4.78 is 10.8. The van der Waals surface area contributed by atoms with E-state index in [9.17, 15) is 9.59 Å². The first-order valence-corrected chi connectivity index (χ1v) is 9.72. The molecule has 0 saturated carbocycles. The van der Waals surface area contributed by atoms with Gasteiger partial charge in [-0.15, -0.1) is 0 Å². The zero-order valence-corrected chi connectivity index (χ0v) is 17.1. The van der Waals surface area contributed by atoms with E-state index in [0.29, 0.717) is 17.9 Å². The zero-order chi connectivity index (χ0) is 20.5. The first kappa shape index (κ1) is 21.5. The largest absolute Gasteiger partial charge is 0.479 e. The van der Waals surface area contributed by atoms with Gasteiger partial charge in [0.05, 0.1) is 6.61 Å². The van der Waals surface area contributed by atoms with Gasteiger partial charge in [-0.05, 0) is 63.1 Å². The Hall–Kier alpha value is -2.82. The highest BCUT2D eigenvalue weighted by Gasteiger charge is 2.16. The molecule has 2 rings (SSSR count). The van der Waals surface area contributed by atoms with E-state index in [1.165, 1.54) is 0 Å². The maximum atomic E-state index is 12.4. The number of nitrogens with one attached hydrogen (secondary N) is 1. The van der Waals surface area contributed by atoms with Crippen molar-refractivity contribution in [3.63, 3.8) is 0 Å². The molecule has 1 atom stereocenters. The summed E-state index contributed by atoms with van der Waals surface area (Å²) in [7, 11) is 0. The van der Waals surface area contributed by atoms with Crippen LogP contribution in [0.3, 0.4) is 0 Å². The molecular weight excluding hydrogens is 354 g/mol. The molecule has 150 valence electrons. The topological polar surface area (TPSA) is 64.6 Å². The molecule has 2 aromatic rings. The van der Waals surface area contributed by atoms with Gasteiger partial charge in [-0.1, -0.05) is 37.5 Å². The maximum absolute atomic E-state index is 12.4. The SMILES string of the molecule is CCCCCOC(=O)[C@H](C)Oc1ccc(C(=O)Nc2ccc(C)cc2C)cc1. The Balaban J connectivity index is 1.89. The third kappa shape index (κ3) is 6.41. The van der Waals surface area contributed by atoms with Gasteiger partial charge < -0.3 is 14.8 Å². The number of hydrogen-bond donors (Lipinski definition) is 1. The third-order valence-electron chi connectivity index (χ3n) is 4.38. The van der Waals surface area contributed by atoms with Crippen LogP contribution in [0.1, 0.15) is 54.6 Å². The molecule has 1 N–H and O–H groups in total. The Morgan fingerprint density at radius 1 is 1.04 bits per heavy atom. The summed E-state index contributed by atoms with van der Waals surface area (Å²) in [6.07, 6.45) is 2.27. The van der Waals surface area contributed by atoms with Crippen molar-refractivity contribution in [1.82, 2.24) is 0 Å². The molecule has 0 aliphatic rings. The molecule has 0 aliphatic carbocycles. The van der Waals surface area contributed by atoms with Gasteiger partial charge in [-0.25, -0.2) is 4.79 Å². The van der Waals surface area contributed by atoms with Crippen molar-refractivity contribution >= 4 is 17.6 Å². The molecule has 0 fully saturated rings. The van der Waals surface area contributed by atoms with Crippen LogP contribution in [0, 0.1) is 13.8 Å². The third-order valence-corrected chi connectivity index (χ3v) is 4.38. The number of rotatable bonds is 9. The number of carbonyl (C=O) groups excluding carboxylic acids is 2. The average molecular weight is 383 g/mol. The first-order valence-electron chi connectivity index (χ1n) is 9.72. The highest BCUT2D eigenvalue weighted by molar-refractivity contribution is 6.04. The fourth-order valence-corrected chi connectivity index (χ4v) is 2.73. The van der Waals surface area contributed by atoms with E-state index < -0.39 is 6.10 Å². The van der Waals surface area contributed by atoms with Crippen LogP contribution in [-0.2, 0) is 9.53 Å². The van der Waals surface area contributed by atoms with Crippen molar-refractivity contribution in [2.45, 2.75) is 53.1 Å². The van der Waals surface area contributed by atoms with Gasteiger partial charge in [0, 0.05) is 11.3 Å². The monoisotopic (exact) mass is 383 g/mol. The minimum atomic E-state index is -0.698. The van der Waals surface area contributed by atoms with Crippen molar-refractivity contribution in [2.24, 2.45) is 0 Å². The lowest BCUT2D eigenvalue weighted by molar-refractivity contribution is -0.151. The molecule has 0 spiro atoms. The summed E-state index contributed by atoms with van der Waals surface area (Å²) in [4.78, 5) is 24.4. The minimum absolute atomic E-state index is 0.193. The molecular formula is C23H29NO4. The summed E-state index contributed by atoms with van der Waals surface area (Å²) in [6.45, 7) is 8.14. The van der Waals surface area contributed by atoms with E-state index in [1.807, 2.05) is 32.0 Å². The minimum Gasteiger partial charge on any atom is -0.479 e. The number of esters is 1. The number of unbranched alkanes of at least 4 members (excludes halogenated alkanes) is 2. The lowest BCUT2D eigenvalue weighted by Crippen LogP contribution is -2.26. The van der Waals surface area contributed by atoms with Crippen molar-refractivity contribution < 1.29 is 19.1 Å². The van der Waals surface area contributed by atoms with Crippen LogP contribution in [0.2, 0.25) is 0 Å². The molecule has 2 aromatic carbocycles. The van der Waals surface area contributed by atoms with Crippen LogP contribution in [0.4, 0.5) is 5.69 Å². The lowest BCUT2D eigenvalue weighted by atomic mass is 10.1. The summed E-state index contributed by atoms with van der Waals surface area (Å²) >= 11 is 0. The summed E-state index contributed by atoms with van der Waals surface area (Å²) in [5, 5.41) is 2.91. The fraction of sp³-hybridized carbons (Fsp3) is 0.391. The van der Waals surface area contributed by atoms with Crippen molar-refractivity contribution in [3.8, 4) is 5.75 Å². The van der Waals surface area contributed by atoms with Gasteiger partial charge in [-0.3, -0.25) is 4.79 Å². The molecule has 0 aromatic heterocycles. The van der Waals surface area contributed by atoms with Crippen molar-refractivity contribution in [3.05, 3.63) is 59.2 Å². The van der Waals surface area contributed by atoms with E-state index in [2.05, 4.69) is 12.2 Å². The lowest BCUT2D eigenvalue weighted by Gasteiger charge is -2.14. The number of amides is 1. The summed E-state index contributed by atoms with van der Waals surface area (Å²) in [5.74, 6) is -0.0595. The van der Waals surface area contributed by atoms with E-state index in [4.69, 9.17) is 9.47 Å². The quantitative estimate of drug-likeness (QED) is 0.486. The number of hydrogen-bond acceptors (Lipinski definition) is 4. The molecule has 28 heavy (non-hydrogen) atoms. The Labute approximate surface area is 167 Å². The van der Waals surface area contributed by atoms with E-state index >= 15 is 0 Å². The van der Waals surface area contributed by atoms with Gasteiger partial charge in [0.15, 0.2) is 6.10 Å². The maximum Gasteiger partial charge on any atom is 0.347 e. The van der Waals surface area contributed by atoms with Crippen LogP contribution >= 0.6 is 0 Å². The van der Waals surface area contributed by atoms with Gasteiger partial charge in [0.1, 0.15) is 5.75 Å². The average Bonchev–Trinajstić information content (AvgIpc) is 2.67. The highest BCUT2D eigenvalue weighted by Crippen LogP contribution is 2.19. The second kappa shape index (κ2) is 10.5. The smallest absolute Gasteiger partial charge is 0.347 e. The van der Waals surface area contributed by atoms with Gasteiger partial charge >= 0.3 is 5.97 Å². The van der Waals surface area contributed by atoms with Crippen molar-refractivity contribution in [2.75, 3.05) is 11.9 Å². The second-order valence-electron chi connectivity index (χ2n) is 6.93. The fourth-order valence-electron chi connectivity index (χ4n) is 2.73. The number of aryl methyl sites for hydroxylation is 2. The second-order valence-corrected chi connectivity index (χ2v) is 6.93. The first-order chi connectivity index (χ1) is 13.4. The van der Waals surface area contributed by atoms with Crippen LogP contribution in [0.25, 0.3) is 0 Å². The Morgan fingerprint density at radius 2 is 1.75 bits per heavy atom. The van der Waals surface area contributed by atoms with Gasteiger partial charge in [0.2, 0.25) is 0 Å². The van der Waals surface area contributed by atoms with Crippen LogP contribution in [-0.4, -0.2) is 24.6 Å². The zero-order valence-electron chi connectivity index (χ0n) is 17.1. The Morgan fingerprint density at radius 3 is 2.39 bits per heavy atom. The summed E-state index contributed by atoms with van der Waals surface area (Å²) in [6, 6.07) is 12.6. The van der Waals surface area contributed by atoms with E-state index in [-0.39, 0.29) is 11.9 Å². The van der Waals surface area contributed by atoms with Gasteiger partial charge in [0.25, 0.3) is 5.91 Å². The van der Waals surface area contributed by atoms with Crippen molar-refractivity contribution in [1.29, 1.82) is 0 Å². The van der Waals surface area contributed by atoms with Crippen LogP contribution in [0.15, 0.2) is 42.5 Å². The van der Waals surface area contributed by atoms with Crippen LogP contribution < -0.4 is 10.1 Å². The molecule has 1 amide bonds. The standard InChI is InChI=1S/C23H29NO4/c1-5-6-7-14-27-23(26)18(4)28-20-11-9-19(10-12-20)22(25)24-21-13-8-16(2)15-17(21)3/h8-13,15,18H,5-7,14H2,1-4H3,(H,24,25)/t18-/m0/s1. The molecule has 5 heteroatoms. The number of carbonyl (C=O) groups is 2. The molecule has 0 saturated heterocycles. The number of ether oxygens (including phenoxy) is 2. The van der Waals surface area contributed by atoms with Crippen LogP contribution in [0.5, 0.6) is 5.75 Å². The molecule has 0 heterocycles. The molecule has 5 nitrogen and oxygen atoms in total. The van der Waals surface area contributed by atoms with E-state index in [1.54, 1.807) is 31.2 Å². The molecule has 0 aliphatic heterocycles. The Kier molecular flexibility index (Phi) is 8.05. The normalized spacial score (nSPS) is 11.6. The summed E-state index contributed by atoms with van der Waals surface area (Å²) in [5.41, 5.74) is 3.46. The predicted molar refractivity (Wildman–Crippen MR) is 111 cm³/mol. The Bertz CT molecular complexity index is 799.